The summed E-state index contributed by atoms with van der Waals surface area (Å²) in [6.07, 6.45) is 1.84. The largest absolute Gasteiger partial charge is 0.490 e. The summed E-state index contributed by atoms with van der Waals surface area (Å²) < 4.78 is 11.2. The maximum Gasteiger partial charge on any atom is 0.161 e. The van der Waals surface area contributed by atoms with Gasteiger partial charge in [0.05, 0.1) is 6.61 Å². The van der Waals surface area contributed by atoms with E-state index < -0.39 is 0 Å². The Balaban J connectivity index is 2.01. The molecule has 3 nitrogen and oxygen atoms in total. The number of aromatic nitrogens is 1. The van der Waals surface area contributed by atoms with Crippen molar-refractivity contribution in [3.63, 3.8) is 0 Å². The van der Waals surface area contributed by atoms with Crippen LogP contribution < -0.4 is 9.47 Å². The Morgan fingerprint density at radius 3 is 2.56 bits per heavy atom. The summed E-state index contributed by atoms with van der Waals surface area (Å²) in [4.78, 5) is 5.43. The van der Waals surface area contributed by atoms with Gasteiger partial charge in [-0.25, -0.2) is 4.98 Å². The molecular formula is C13H15NO2S2. The van der Waals surface area contributed by atoms with Crippen molar-refractivity contribution in [2.24, 2.45) is 0 Å². The van der Waals surface area contributed by atoms with Crippen LogP contribution in [0.2, 0.25) is 0 Å². The van der Waals surface area contributed by atoms with E-state index in [2.05, 4.69) is 17.6 Å². The third-order valence-corrected chi connectivity index (χ3v) is 3.78. The summed E-state index contributed by atoms with van der Waals surface area (Å²) in [6.45, 7) is 3.04. The minimum absolute atomic E-state index is 0.461. The quantitative estimate of drug-likeness (QED) is 0.822. The van der Waals surface area contributed by atoms with Gasteiger partial charge >= 0.3 is 0 Å². The zero-order valence-corrected chi connectivity index (χ0v) is 11.8. The van der Waals surface area contributed by atoms with Crippen LogP contribution in [0.1, 0.15) is 16.8 Å². The second-order valence-electron chi connectivity index (χ2n) is 3.55. The van der Waals surface area contributed by atoms with E-state index in [4.69, 9.17) is 9.47 Å². The van der Waals surface area contributed by atoms with Crippen LogP contribution in [0.4, 0.5) is 0 Å². The first-order chi connectivity index (χ1) is 8.83. The predicted molar refractivity (Wildman–Crippen MR) is 76.7 cm³/mol. The third kappa shape index (κ3) is 3.40. The molecule has 2 rings (SSSR count). The highest BCUT2D eigenvalue weighted by Crippen LogP contribution is 2.27. The summed E-state index contributed by atoms with van der Waals surface area (Å²) in [7, 11) is 0. The van der Waals surface area contributed by atoms with E-state index in [1.165, 1.54) is 0 Å². The molecule has 0 aliphatic rings. The third-order valence-electron chi connectivity index (χ3n) is 2.26. The molecule has 0 spiro atoms. The van der Waals surface area contributed by atoms with Gasteiger partial charge in [-0.2, -0.15) is 12.6 Å². The number of ether oxygens (including phenoxy) is 2. The van der Waals surface area contributed by atoms with Gasteiger partial charge in [0.1, 0.15) is 11.6 Å². The van der Waals surface area contributed by atoms with Crippen molar-refractivity contribution in [3.05, 3.63) is 40.3 Å². The molecule has 0 N–H and O–H groups in total. The highest BCUT2D eigenvalue weighted by Gasteiger charge is 2.06. The van der Waals surface area contributed by atoms with Crippen LogP contribution in [0.15, 0.2) is 30.5 Å². The maximum absolute atomic E-state index is 5.73. The molecule has 0 unspecified atom stereocenters. The molecule has 0 atom stereocenters. The van der Waals surface area contributed by atoms with Gasteiger partial charge in [0.2, 0.25) is 0 Å². The number of hydrogen-bond acceptors (Lipinski definition) is 5. The molecule has 0 fully saturated rings. The first-order valence-electron chi connectivity index (χ1n) is 5.72. The molecule has 1 aromatic carbocycles. The number of hydrogen-bond donors (Lipinski definition) is 1. The highest BCUT2D eigenvalue weighted by atomic mass is 32.1. The summed E-state index contributed by atoms with van der Waals surface area (Å²) in [5, 5.41) is 0.949. The summed E-state index contributed by atoms with van der Waals surface area (Å²) in [5.41, 5.74) is 0. The molecule has 0 saturated carbocycles. The average molecular weight is 281 g/mol. The minimum atomic E-state index is 0.461. The van der Waals surface area contributed by atoms with Gasteiger partial charge in [-0.05, 0) is 19.1 Å². The van der Waals surface area contributed by atoms with Crippen molar-refractivity contribution in [2.75, 3.05) is 6.61 Å². The Morgan fingerprint density at radius 2 is 1.94 bits per heavy atom. The van der Waals surface area contributed by atoms with E-state index in [9.17, 15) is 0 Å². The summed E-state index contributed by atoms with van der Waals surface area (Å²) in [5.74, 6) is 2.24. The summed E-state index contributed by atoms with van der Waals surface area (Å²) >= 11 is 5.83. The molecule has 0 aliphatic heterocycles. The molecule has 2 aromatic rings. The number of thiol groups is 1. The molecule has 0 saturated heterocycles. The predicted octanol–water partition coefficient (Wildman–Crippen LogP) is 3.55. The van der Waals surface area contributed by atoms with Crippen molar-refractivity contribution in [3.8, 4) is 11.5 Å². The zero-order chi connectivity index (χ0) is 12.8. The lowest BCUT2D eigenvalue weighted by atomic mass is 10.3. The van der Waals surface area contributed by atoms with Crippen LogP contribution in [-0.4, -0.2) is 11.6 Å². The Labute approximate surface area is 116 Å². The summed E-state index contributed by atoms with van der Waals surface area (Å²) in [6, 6.07) is 7.66. The van der Waals surface area contributed by atoms with Crippen molar-refractivity contribution < 1.29 is 9.47 Å². The van der Waals surface area contributed by atoms with E-state index in [0.29, 0.717) is 19.0 Å². The lowest BCUT2D eigenvalue weighted by molar-refractivity contribution is 0.269. The average Bonchev–Trinajstić information content (AvgIpc) is 2.86. The SMILES string of the molecule is CCOc1ccccc1OCc1ncc(CS)s1. The fourth-order valence-electron chi connectivity index (χ4n) is 1.47. The second kappa shape index (κ2) is 6.66. The fraction of sp³-hybridized carbons (Fsp3) is 0.308. The molecule has 18 heavy (non-hydrogen) atoms. The van der Waals surface area contributed by atoms with E-state index in [0.717, 1.165) is 21.4 Å². The normalized spacial score (nSPS) is 10.3. The highest BCUT2D eigenvalue weighted by molar-refractivity contribution is 7.79. The van der Waals surface area contributed by atoms with Crippen molar-refractivity contribution in [1.29, 1.82) is 0 Å². The van der Waals surface area contributed by atoms with Crippen LogP contribution in [0, 0.1) is 0 Å². The Bertz CT molecular complexity index is 499. The fourth-order valence-corrected chi connectivity index (χ4v) is 2.44. The smallest absolute Gasteiger partial charge is 0.161 e. The zero-order valence-electron chi connectivity index (χ0n) is 10.1. The van der Waals surface area contributed by atoms with Gasteiger partial charge in [-0.15, -0.1) is 11.3 Å². The lowest BCUT2D eigenvalue weighted by Crippen LogP contribution is -1.98. The molecule has 1 aromatic heterocycles. The van der Waals surface area contributed by atoms with Crippen LogP contribution in [0.25, 0.3) is 0 Å². The number of thiazole rings is 1. The van der Waals surface area contributed by atoms with Crippen LogP contribution in [-0.2, 0) is 12.4 Å². The van der Waals surface area contributed by atoms with Crippen LogP contribution in [0.5, 0.6) is 11.5 Å². The maximum atomic E-state index is 5.73. The number of para-hydroxylation sites is 2. The monoisotopic (exact) mass is 281 g/mol. The molecule has 1 heterocycles. The molecule has 96 valence electrons. The van der Waals surface area contributed by atoms with Gasteiger partial charge in [0, 0.05) is 16.8 Å². The molecule has 0 bridgehead atoms. The van der Waals surface area contributed by atoms with E-state index in [-0.39, 0.29) is 0 Å². The molecule has 0 amide bonds. The van der Waals surface area contributed by atoms with Crippen molar-refractivity contribution in [1.82, 2.24) is 4.98 Å². The van der Waals surface area contributed by atoms with E-state index >= 15 is 0 Å². The van der Waals surface area contributed by atoms with Crippen LogP contribution >= 0.6 is 24.0 Å². The van der Waals surface area contributed by atoms with Gasteiger partial charge in [0.15, 0.2) is 11.5 Å². The molecule has 0 radical (unpaired) electrons. The number of rotatable bonds is 6. The molecule has 5 heteroatoms. The topological polar surface area (TPSA) is 31.4 Å². The first kappa shape index (κ1) is 13.2. The van der Waals surface area contributed by atoms with Gasteiger partial charge in [0.25, 0.3) is 0 Å². The van der Waals surface area contributed by atoms with Gasteiger partial charge in [-0.3, -0.25) is 0 Å². The minimum Gasteiger partial charge on any atom is -0.490 e. The van der Waals surface area contributed by atoms with E-state index in [1.54, 1.807) is 11.3 Å². The van der Waals surface area contributed by atoms with Gasteiger partial charge < -0.3 is 9.47 Å². The van der Waals surface area contributed by atoms with Crippen LogP contribution in [0.3, 0.4) is 0 Å². The van der Waals surface area contributed by atoms with Crippen molar-refractivity contribution >= 4 is 24.0 Å². The van der Waals surface area contributed by atoms with Crippen molar-refractivity contribution in [2.45, 2.75) is 19.3 Å². The Morgan fingerprint density at radius 1 is 1.22 bits per heavy atom. The first-order valence-corrected chi connectivity index (χ1v) is 7.17. The lowest BCUT2D eigenvalue weighted by Gasteiger charge is -2.10. The Hall–Kier alpha value is -1.20. The van der Waals surface area contributed by atoms with E-state index in [1.807, 2.05) is 37.4 Å². The molecule has 0 aliphatic carbocycles. The second-order valence-corrected chi connectivity index (χ2v) is 5.06. The molecular weight excluding hydrogens is 266 g/mol. The Kier molecular flexibility index (Phi) is 4.90. The standard InChI is InChI=1S/C13H15NO2S2/c1-2-15-11-5-3-4-6-12(11)16-8-13-14-7-10(9-17)18-13/h3-7,17H,2,8-9H2,1H3. The number of benzene rings is 1. The number of nitrogens with zero attached hydrogens (tertiary/aromatic N) is 1. The van der Waals surface area contributed by atoms with Gasteiger partial charge in [-0.1, -0.05) is 12.1 Å².